The Labute approximate surface area is 105 Å². The smallest absolute Gasteiger partial charge is 0.137 e. The molecule has 1 aromatic heterocycles. The fourth-order valence-electron chi connectivity index (χ4n) is 1.63. The molecule has 2 N–H and O–H groups in total. The van der Waals surface area contributed by atoms with Gasteiger partial charge in [-0.25, -0.2) is 9.37 Å². The normalized spacial score (nSPS) is 10.8. The molecule has 0 bridgehead atoms. The first-order valence-corrected chi connectivity index (χ1v) is 5.79. The van der Waals surface area contributed by atoms with Gasteiger partial charge in [-0.2, -0.15) is 0 Å². The minimum Gasteiger partial charge on any atom is -0.383 e. The molecule has 0 spiro atoms. The summed E-state index contributed by atoms with van der Waals surface area (Å²) in [4.78, 5) is 7.39. The Morgan fingerprint density at radius 2 is 2.33 bits per heavy atom. The molecule has 0 radical (unpaired) electrons. The van der Waals surface area contributed by atoms with Gasteiger partial charge in [-0.1, -0.05) is 12.1 Å². The summed E-state index contributed by atoms with van der Waals surface area (Å²) >= 11 is 0. The zero-order valence-corrected chi connectivity index (χ0v) is 10.2. The number of nitrogens with one attached hydrogen (secondary N) is 2. The third-order valence-electron chi connectivity index (χ3n) is 2.52. The van der Waals surface area contributed by atoms with Crippen LogP contribution in [0.4, 0.5) is 4.39 Å². The molecule has 0 unspecified atom stereocenters. The monoisotopic (exact) mass is 249 g/mol. The van der Waals surface area contributed by atoms with Crippen molar-refractivity contribution in [3.63, 3.8) is 0 Å². The zero-order chi connectivity index (χ0) is 12.8. The Balaban J connectivity index is 1.97. The summed E-state index contributed by atoms with van der Waals surface area (Å²) in [5, 5.41) is 3.21. The Kier molecular flexibility index (Phi) is 4.44. The molecule has 5 heteroatoms. The van der Waals surface area contributed by atoms with Crippen LogP contribution in [-0.2, 0) is 11.3 Å². The molecule has 1 heterocycles. The lowest BCUT2D eigenvalue weighted by atomic mass is 10.2. The minimum atomic E-state index is -0.260. The van der Waals surface area contributed by atoms with Gasteiger partial charge in [0.2, 0.25) is 0 Å². The van der Waals surface area contributed by atoms with Crippen LogP contribution >= 0.6 is 0 Å². The van der Waals surface area contributed by atoms with Gasteiger partial charge in [0.05, 0.1) is 6.61 Å². The van der Waals surface area contributed by atoms with E-state index in [-0.39, 0.29) is 5.82 Å². The second-order valence-electron chi connectivity index (χ2n) is 3.94. The number of nitrogens with zero attached hydrogens (tertiary/aromatic N) is 1. The predicted octanol–water partition coefficient (Wildman–Crippen LogP) is 1.95. The number of H-pyrrole nitrogens is 1. The van der Waals surface area contributed by atoms with E-state index in [0.717, 1.165) is 17.8 Å². The number of ether oxygens (including phenoxy) is 1. The van der Waals surface area contributed by atoms with E-state index in [9.17, 15) is 4.39 Å². The number of aromatic nitrogens is 2. The molecule has 0 saturated heterocycles. The highest BCUT2D eigenvalue weighted by molar-refractivity contribution is 5.54. The summed E-state index contributed by atoms with van der Waals surface area (Å²) in [7, 11) is 1.67. The van der Waals surface area contributed by atoms with Gasteiger partial charge >= 0.3 is 0 Å². The fraction of sp³-hybridized carbons (Fsp3) is 0.308. The van der Waals surface area contributed by atoms with Gasteiger partial charge in [0, 0.05) is 37.7 Å². The maximum Gasteiger partial charge on any atom is 0.137 e. The Hall–Kier alpha value is -1.72. The predicted molar refractivity (Wildman–Crippen MR) is 67.6 cm³/mol. The van der Waals surface area contributed by atoms with Crippen molar-refractivity contribution in [3.05, 3.63) is 42.0 Å². The average molecular weight is 249 g/mol. The van der Waals surface area contributed by atoms with Crippen LogP contribution in [0.15, 0.2) is 30.5 Å². The van der Waals surface area contributed by atoms with Crippen molar-refractivity contribution in [2.45, 2.75) is 6.54 Å². The van der Waals surface area contributed by atoms with Crippen molar-refractivity contribution in [1.29, 1.82) is 0 Å². The zero-order valence-electron chi connectivity index (χ0n) is 10.2. The van der Waals surface area contributed by atoms with E-state index in [2.05, 4.69) is 15.3 Å². The van der Waals surface area contributed by atoms with Crippen LogP contribution < -0.4 is 5.32 Å². The first kappa shape index (κ1) is 12.7. The highest BCUT2D eigenvalue weighted by Crippen LogP contribution is 2.16. The van der Waals surface area contributed by atoms with Crippen LogP contribution in [0, 0.1) is 5.82 Å². The maximum absolute atomic E-state index is 13.1. The number of rotatable bonds is 6. The van der Waals surface area contributed by atoms with E-state index in [0.29, 0.717) is 19.0 Å². The third-order valence-corrected chi connectivity index (χ3v) is 2.52. The molecule has 4 nitrogen and oxygen atoms in total. The maximum atomic E-state index is 13.1. The molecular weight excluding hydrogens is 233 g/mol. The second-order valence-corrected chi connectivity index (χ2v) is 3.94. The molecule has 1 aromatic carbocycles. The first-order valence-electron chi connectivity index (χ1n) is 5.79. The Bertz CT molecular complexity index is 498. The first-order chi connectivity index (χ1) is 8.79. The molecule has 0 fully saturated rings. The van der Waals surface area contributed by atoms with E-state index in [4.69, 9.17) is 4.74 Å². The van der Waals surface area contributed by atoms with Crippen LogP contribution in [0.1, 0.15) is 5.69 Å². The van der Waals surface area contributed by atoms with E-state index < -0.39 is 0 Å². The molecule has 0 amide bonds. The molecule has 0 aliphatic heterocycles. The number of aromatic amines is 1. The lowest BCUT2D eigenvalue weighted by molar-refractivity contribution is 0.199. The van der Waals surface area contributed by atoms with Crippen molar-refractivity contribution >= 4 is 0 Å². The van der Waals surface area contributed by atoms with Crippen LogP contribution in [0.3, 0.4) is 0 Å². The molecule has 96 valence electrons. The van der Waals surface area contributed by atoms with E-state index >= 15 is 0 Å². The van der Waals surface area contributed by atoms with Crippen molar-refractivity contribution in [2.24, 2.45) is 0 Å². The Morgan fingerprint density at radius 1 is 1.44 bits per heavy atom. The quantitative estimate of drug-likeness (QED) is 0.769. The van der Waals surface area contributed by atoms with Crippen LogP contribution in [0.2, 0.25) is 0 Å². The van der Waals surface area contributed by atoms with Crippen LogP contribution in [0.25, 0.3) is 11.4 Å². The van der Waals surface area contributed by atoms with Gasteiger partial charge in [0.1, 0.15) is 11.6 Å². The minimum absolute atomic E-state index is 0.260. The van der Waals surface area contributed by atoms with E-state index in [1.54, 1.807) is 19.4 Å². The lowest BCUT2D eigenvalue weighted by Gasteiger charge is -2.01. The second kappa shape index (κ2) is 6.28. The molecule has 0 saturated carbocycles. The number of imidazole rings is 1. The third kappa shape index (κ3) is 3.38. The highest BCUT2D eigenvalue weighted by Gasteiger charge is 2.04. The number of hydrogen-bond acceptors (Lipinski definition) is 3. The largest absolute Gasteiger partial charge is 0.383 e. The summed E-state index contributed by atoms with van der Waals surface area (Å²) in [5.41, 5.74) is 1.71. The summed E-state index contributed by atoms with van der Waals surface area (Å²) in [6, 6.07) is 6.37. The lowest BCUT2D eigenvalue weighted by Crippen LogP contribution is -2.18. The van der Waals surface area contributed by atoms with Gasteiger partial charge in [-0.3, -0.25) is 0 Å². The molecule has 0 aliphatic carbocycles. The van der Waals surface area contributed by atoms with Crippen molar-refractivity contribution in [2.75, 3.05) is 20.3 Å². The van der Waals surface area contributed by atoms with E-state index in [1.165, 1.54) is 12.1 Å². The van der Waals surface area contributed by atoms with Gasteiger partial charge in [0.15, 0.2) is 0 Å². The molecule has 18 heavy (non-hydrogen) atoms. The van der Waals surface area contributed by atoms with Gasteiger partial charge in [-0.05, 0) is 12.1 Å². The van der Waals surface area contributed by atoms with Gasteiger partial charge in [0.25, 0.3) is 0 Å². The summed E-state index contributed by atoms with van der Waals surface area (Å²) in [6.45, 7) is 2.14. The van der Waals surface area contributed by atoms with Gasteiger partial charge in [-0.15, -0.1) is 0 Å². The molecule has 0 aliphatic rings. The molecule has 0 atom stereocenters. The number of hydrogen-bond donors (Lipinski definition) is 2. The number of halogens is 1. The fourth-order valence-corrected chi connectivity index (χ4v) is 1.63. The van der Waals surface area contributed by atoms with Crippen molar-refractivity contribution in [1.82, 2.24) is 15.3 Å². The van der Waals surface area contributed by atoms with Gasteiger partial charge < -0.3 is 15.0 Å². The van der Waals surface area contributed by atoms with Crippen molar-refractivity contribution in [3.8, 4) is 11.4 Å². The van der Waals surface area contributed by atoms with Crippen LogP contribution in [-0.4, -0.2) is 30.2 Å². The molecule has 2 rings (SSSR count). The highest BCUT2D eigenvalue weighted by atomic mass is 19.1. The number of methoxy groups -OCH3 is 1. The number of benzene rings is 1. The summed E-state index contributed by atoms with van der Waals surface area (Å²) in [5.74, 6) is 0.418. The molecule has 2 aromatic rings. The van der Waals surface area contributed by atoms with E-state index in [1.807, 2.05) is 6.07 Å². The van der Waals surface area contributed by atoms with Crippen LogP contribution in [0.5, 0.6) is 0 Å². The van der Waals surface area contributed by atoms with Crippen molar-refractivity contribution < 1.29 is 9.13 Å². The Morgan fingerprint density at radius 3 is 3.11 bits per heavy atom. The molecular formula is C13H16FN3O. The summed E-state index contributed by atoms with van der Waals surface area (Å²) in [6.07, 6.45) is 1.75. The SMILES string of the molecule is COCCNCc1cnc(-c2cccc(F)c2)[nH]1. The summed E-state index contributed by atoms with van der Waals surface area (Å²) < 4.78 is 18.0. The topological polar surface area (TPSA) is 49.9 Å². The standard InChI is InChI=1S/C13H16FN3O/c1-18-6-5-15-8-12-9-16-13(17-12)10-3-2-4-11(14)7-10/h2-4,7,9,15H,5-6,8H2,1H3,(H,16,17). The average Bonchev–Trinajstić information content (AvgIpc) is 2.83.